The lowest BCUT2D eigenvalue weighted by Gasteiger charge is -2.10. The number of nitrogens with one attached hydrogen (secondary N) is 2. The number of aliphatic imine (C=N–C) groups is 1. The summed E-state index contributed by atoms with van der Waals surface area (Å²) in [7, 11) is 0. The molecular formula is C12H19F3N4S. The Kier molecular flexibility index (Phi) is 6.77. The summed E-state index contributed by atoms with van der Waals surface area (Å²) in [5, 5.41) is 7.67. The molecule has 1 aromatic heterocycles. The fourth-order valence-electron chi connectivity index (χ4n) is 1.41. The predicted octanol–water partition coefficient (Wildman–Crippen LogP) is 2.67. The first kappa shape index (κ1) is 16.7. The second-order valence-electron chi connectivity index (χ2n) is 4.06. The van der Waals surface area contributed by atoms with Crippen LogP contribution in [0.5, 0.6) is 0 Å². The van der Waals surface area contributed by atoms with Crippen molar-refractivity contribution in [3.63, 3.8) is 0 Å². The van der Waals surface area contributed by atoms with Gasteiger partial charge in [0, 0.05) is 31.4 Å². The summed E-state index contributed by atoms with van der Waals surface area (Å²) in [5.41, 5.74) is -0.816. The molecule has 0 saturated carbocycles. The normalized spacial score (nSPS) is 12.6. The van der Waals surface area contributed by atoms with Crippen LogP contribution in [0.25, 0.3) is 0 Å². The van der Waals surface area contributed by atoms with E-state index in [4.69, 9.17) is 0 Å². The zero-order valence-corrected chi connectivity index (χ0v) is 12.4. The van der Waals surface area contributed by atoms with Crippen LogP contribution >= 0.6 is 11.3 Å². The maximum Gasteiger partial charge on any atom is 0.434 e. The Morgan fingerprint density at radius 3 is 2.65 bits per heavy atom. The lowest BCUT2D eigenvalue weighted by molar-refractivity contribution is -0.140. The quantitative estimate of drug-likeness (QED) is 0.627. The van der Waals surface area contributed by atoms with Crippen LogP contribution in [-0.4, -0.2) is 30.6 Å². The van der Waals surface area contributed by atoms with Crippen LogP contribution in [0.3, 0.4) is 0 Å². The standard InChI is InChI=1S/C12H19F3N4S/c1-3-6-17-11(16-4-2)18-7-5-10-19-9(8-20-10)12(13,14)15/h8H,3-7H2,1-2H3,(H2,16,17,18). The van der Waals surface area contributed by atoms with Gasteiger partial charge < -0.3 is 10.6 Å². The Labute approximate surface area is 120 Å². The molecule has 20 heavy (non-hydrogen) atoms. The Balaban J connectivity index is 2.44. The van der Waals surface area contributed by atoms with Crippen molar-refractivity contribution >= 4 is 17.3 Å². The number of hydrogen-bond acceptors (Lipinski definition) is 3. The molecule has 0 aliphatic heterocycles. The van der Waals surface area contributed by atoms with Gasteiger partial charge >= 0.3 is 6.18 Å². The Bertz CT molecular complexity index is 429. The van der Waals surface area contributed by atoms with Gasteiger partial charge in [0.2, 0.25) is 0 Å². The minimum atomic E-state index is -4.36. The summed E-state index contributed by atoms with van der Waals surface area (Å²) < 4.78 is 37.2. The van der Waals surface area contributed by atoms with E-state index in [0.29, 0.717) is 30.5 Å². The largest absolute Gasteiger partial charge is 0.434 e. The van der Waals surface area contributed by atoms with E-state index in [1.165, 1.54) is 0 Å². The highest BCUT2D eigenvalue weighted by Crippen LogP contribution is 2.29. The van der Waals surface area contributed by atoms with E-state index in [1.807, 2.05) is 13.8 Å². The molecule has 0 radical (unpaired) electrons. The van der Waals surface area contributed by atoms with Gasteiger partial charge in [0.1, 0.15) is 0 Å². The number of thiazole rings is 1. The van der Waals surface area contributed by atoms with Gasteiger partial charge in [-0.3, -0.25) is 4.99 Å². The average molecular weight is 308 g/mol. The van der Waals surface area contributed by atoms with Gasteiger partial charge in [0.05, 0.1) is 5.01 Å². The number of halogens is 3. The van der Waals surface area contributed by atoms with Crippen molar-refractivity contribution in [3.8, 4) is 0 Å². The zero-order valence-electron chi connectivity index (χ0n) is 11.5. The summed E-state index contributed by atoms with van der Waals surface area (Å²) in [6.45, 7) is 5.94. The third-order valence-corrected chi connectivity index (χ3v) is 3.22. The molecule has 0 amide bonds. The van der Waals surface area contributed by atoms with Gasteiger partial charge in [-0.05, 0) is 13.3 Å². The molecule has 1 rings (SSSR count). The fraction of sp³-hybridized carbons (Fsp3) is 0.667. The highest BCUT2D eigenvalue weighted by atomic mass is 32.1. The van der Waals surface area contributed by atoms with Crippen LogP contribution in [-0.2, 0) is 12.6 Å². The highest BCUT2D eigenvalue weighted by Gasteiger charge is 2.33. The van der Waals surface area contributed by atoms with Crippen LogP contribution in [0, 0.1) is 0 Å². The second kappa shape index (κ2) is 8.08. The highest BCUT2D eigenvalue weighted by molar-refractivity contribution is 7.09. The monoisotopic (exact) mass is 308 g/mol. The number of alkyl halides is 3. The molecule has 0 saturated heterocycles. The smallest absolute Gasteiger partial charge is 0.357 e. The third kappa shape index (κ3) is 5.77. The molecule has 0 spiro atoms. The predicted molar refractivity (Wildman–Crippen MR) is 75.1 cm³/mol. The molecular weight excluding hydrogens is 289 g/mol. The van der Waals surface area contributed by atoms with E-state index in [-0.39, 0.29) is 0 Å². The Morgan fingerprint density at radius 2 is 2.10 bits per heavy atom. The maximum atomic E-state index is 12.4. The zero-order chi connectivity index (χ0) is 15.0. The molecule has 1 aromatic rings. The molecule has 0 aliphatic carbocycles. The molecule has 0 atom stereocenters. The average Bonchev–Trinajstić information content (AvgIpc) is 2.84. The third-order valence-electron chi connectivity index (χ3n) is 2.31. The van der Waals surface area contributed by atoms with Gasteiger partial charge in [-0.1, -0.05) is 6.92 Å². The molecule has 4 nitrogen and oxygen atoms in total. The van der Waals surface area contributed by atoms with Gasteiger partial charge in [0.25, 0.3) is 0 Å². The van der Waals surface area contributed by atoms with Crippen LogP contribution in [0.4, 0.5) is 13.2 Å². The summed E-state index contributed by atoms with van der Waals surface area (Å²) in [5.74, 6) is 0.682. The summed E-state index contributed by atoms with van der Waals surface area (Å²) in [4.78, 5) is 7.88. The van der Waals surface area contributed by atoms with Gasteiger partial charge in [-0.15, -0.1) is 11.3 Å². The topological polar surface area (TPSA) is 49.3 Å². The van der Waals surface area contributed by atoms with Crippen LogP contribution < -0.4 is 10.6 Å². The minimum absolute atomic E-state index is 0.442. The van der Waals surface area contributed by atoms with Crippen molar-refractivity contribution in [1.29, 1.82) is 0 Å². The molecule has 2 N–H and O–H groups in total. The second-order valence-corrected chi connectivity index (χ2v) is 5.00. The van der Waals surface area contributed by atoms with Crippen molar-refractivity contribution in [2.24, 2.45) is 4.99 Å². The van der Waals surface area contributed by atoms with Crippen molar-refractivity contribution in [2.45, 2.75) is 32.9 Å². The maximum absolute atomic E-state index is 12.4. The Hall–Kier alpha value is -1.31. The first-order valence-corrected chi connectivity index (χ1v) is 7.39. The van der Waals surface area contributed by atoms with Gasteiger partial charge in [0.15, 0.2) is 11.7 Å². The SMILES string of the molecule is CCCN=C(NCC)NCCc1nc(C(F)(F)F)cs1. The summed E-state index contributed by atoms with van der Waals surface area (Å²) >= 11 is 1.03. The molecule has 0 fully saturated rings. The molecule has 0 aliphatic rings. The van der Waals surface area contributed by atoms with E-state index in [0.717, 1.165) is 29.7 Å². The number of rotatable bonds is 6. The number of hydrogen-bond donors (Lipinski definition) is 2. The summed E-state index contributed by atoms with van der Waals surface area (Å²) in [6.07, 6.45) is -2.98. The molecule has 0 unspecified atom stereocenters. The van der Waals surface area contributed by atoms with Crippen LogP contribution in [0.2, 0.25) is 0 Å². The molecule has 114 valence electrons. The molecule has 8 heteroatoms. The number of nitrogens with zero attached hydrogens (tertiary/aromatic N) is 2. The van der Waals surface area contributed by atoms with Crippen molar-refractivity contribution in [1.82, 2.24) is 15.6 Å². The first-order chi connectivity index (χ1) is 9.47. The van der Waals surface area contributed by atoms with E-state index in [9.17, 15) is 13.2 Å². The van der Waals surface area contributed by atoms with Crippen LogP contribution in [0.1, 0.15) is 31.0 Å². The lowest BCUT2D eigenvalue weighted by atomic mass is 10.4. The van der Waals surface area contributed by atoms with Crippen molar-refractivity contribution in [3.05, 3.63) is 16.1 Å². The molecule has 0 bridgehead atoms. The van der Waals surface area contributed by atoms with Crippen molar-refractivity contribution in [2.75, 3.05) is 19.6 Å². The molecule has 0 aromatic carbocycles. The fourth-order valence-corrected chi connectivity index (χ4v) is 2.21. The van der Waals surface area contributed by atoms with E-state index >= 15 is 0 Å². The van der Waals surface area contributed by atoms with E-state index in [1.54, 1.807) is 0 Å². The van der Waals surface area contributed by atoms with Gasteiger partial charge in [-0.25, -0.2) is 4.98 Å². The summed E-state index contributed by atoms with van der Waals surface area (Å²) in [6, 6.07) is 0. The first-order valence-electron chi connectivity index (χ1n) is 6.51. The minimum Gasteiger partial charge on any atom is -0.357 e. The molecule has 1 heterocycles. The van der Waals surface area contributed by atoms with Crippen LogP contribution in [0.15, 0.2) is 10.4 Å². The van der Waals surface area contributed by atoms with Gasteiger partial charge in [-0.2, -0.15) is 13.2 Å². The Morgan fingerprint density at radius 1 is 1.35 bits per heavy atom. The number of aromatic nitrogens is 1. The van der Waals surface area contributed by atoms with Crippen molar-refractivity contribution < 1.29 is 13.2 Å². The van der Waals surface area contributed by atoms with E-state index < -0.39 is 11.9 Å². The number of guanidine groups is 1. The van der Waals surface area contributed by atoms with E-state index in [2.05, 4.69) is 20.6 Å². The lowest BCUT2D eigenvalue weighted by Crippen LogP contribution is -2.38.